The van der Waals surface area contributed by atoms with Crippen molar-refractivity contribution in [2.24, 2.45) is 4.99 Å². The van der Waals surface area contributed by atoms with Gasteiger partial charge in [-0.2, -0.15) is 0 Å². The Hall–Kier alpha value is -1.74. The largest absolute Gasteiger partial charge is 0.294 e. The van der Waals surface area contributed by atoms with Crippen LogP contribution < -0.4 is 0 Å². The molecule has 0 spiro atoms. The monoisotopic (exact) mass is 282 g/mol. The lowest BCUT2D eigenvalue weighted by Gasteiger charge is -2.40. The van der Waals surface area contributed by atoms with E-state index < -0.39 is 0 Å². The maximum absolute atomic E-state index is 11.8. The number of carbonyl (C=O) groups excluding carboxylic acids is 1. The first kappa shape index (κ1) is 14.2. The Morgan fingerprint density at radius 2 is 1.90 bits per heavy atom. The van der Waals surface area contributed by atoms with Gasteiger partial charge in [0, 0.05) is 31.3 Å². The van der Waals surface area contributed by atoms with E-state index in [1.807, 2.05) is 31.3 Å². The number of benzene rings is 1. The molecular formula is C18H22N2O. The molecule has 0 saturated carbocycles. The van der Waals surface area contributed by atoms with Gasteiger partial charge in [-0.1, -0.05) is 37.6 Å². The van der Waals surface area contributed by atoms with Crippen LogP contribution in [0.3, 0.4) is 0 Å². The molecule has 1 aromatic rings. The standard InChI is InChI=1S/C18H22N2O/c1-2-17(21)15-7-9-16(10-8-15)18(11-6-12-19-18)20-13-4-3-5-14-20/h6-12H,2-5,13-14H2,1H3. The van der Waals surface area contributed by atoms with Crippen molar-refractivity contribution in [1.29, 1.82) is 0 Å². The number of Topliss-reactive ketones (excluding diaryl/α,β-unsaturated/α-hetero) is 1. The first-order chi connectivity index (χ1) is 10.3. The first-order valence-corrected chi connectivity index (χ1v) is 7.88. The number of rotatable bonds is 4. The van der Waals surface area contributed by atoms with Crippen LogP contribution in [-0.4, -0.2) is 30.0 Å². The van der Waals surface area contributed by atoms with Gasteiger partial charge in [-0.05, 0) is 30.6 Å². The van der Waals surface area contributed by atoms with Gasteiger partial charge in [-0.25, -0.2) is 0 Å². The van der Waals surface area contributed by atoms with E-state index in [-0.39, 0.29) is 11.4 Å². The molecule has 21 heavy (non-hydrogen) atoms. The molecule has 0 aromatic heterocycles. The number of nitrogens with zero attached hydrogens (tertiary/aromatic N) is 2. The predicted octanol–water partition coefficient (Wildman–Crippen LogP) is 3.56. The van der Waals surface area contributed by atoms with E-state index in [1.165, 1.54) is 19.3 Å². The third kappa shape index (κ3) is 2.58. The number of hydrogen-bond donors (Lipinski definition) is 0. The highest BCUT2D eigenvalue weighted by molar-refractivity contribution is 5.95. The van der Waals surface area contributed by atoms with Crippen molar-refractivity contribution < 1.29 is 4.79 Å². The van der Waals surface area contributed by atoms with Crippen molar-refractivity contribution in [2.45, 2.75) is 38.3 Å². The molecule has 0 amide bonds. The summed E-state index contributed by atoms with van der Waals surface area (Å²) in [4.78, 5) is 19.0. The molecule has 2 aliphatic heterocycles. The fourth-order valence-electron chi connectivity index (χ4n) is 3.26. The number of carbonyl (C=O) groups is 1. The van der Waals surface area contributed by atoms with E-state index in [2.05, 4.69) is 23.1 Å². The van der Waals surface area contributed by atoms with Crippen molar-refractivity contribution in [3.05, 3.63) is 47.5 Å². The maximum Gasteiger partial charge on any atom is 0.162 e. The van der Waals surface area contributed by atoms with Gasteiger partial charge in [0.1, 0.15) is 0 Å². The summed E-state index contributed by atoms with van der Waals surface area (Å²) in [5.41, 5.74) is 1.59. The molecule has 3 nitrogen and oxygen atoms in total. The smallest absolute Gasteiger partial charge is 0.162 e. The van der Waals surface area contributed by atoms with Gasteiger partial charge in [0.05, 0.1) is 0 Å². The second-order valence-electron chi connectivity index (χ2n) is 5.77. The molecule has 2 aliphatic rings. The van der Waals surface area contributed by atoms with Gasteiger partial charge in [-0.15, -0.1) is 0 Å². The lowest BCUT2D eigenvalue weighted by atomic mass is 9.94. The molecule has 3 rings (SSSR count). The minimum atomic E-state index is -0.353. The molecule has 1 saturated heterocycles. The van der Waals surface area contributed by atoms with Gasteiger partial charge >= 0.3 is 0 Å². The Labute approximate surface area is 126 Å². The predicted molar refractivity (Wildman–Crippen MR) is 85.8 cm³/mol. The number of piperidine rings is 1. The highest BCUT2D eigenvalue weighted by Crippen LogP contribution is 2.36. The van der Waals surface area contributed by atoms with Crippen LogP contribution in [0.4, 0.5) is 0 Å². The van der Waals surface area contributed by atoms with E-state index in [4.69, 9.17) is 4.99 Å². The van der Waals surface area contributed by atoms with Crippen LogP contribution in [0.25, 0.3) is 0 Å². The summed E-state index contributed by atoms with van der Waals surface area (Å²) in [6, 6.07) is 8.00. The summed E-state index contributed by atoms with van der Waals surface area (Å²) < 4.78 is 0. The van der Waals surface area contributed by atoms with Crippen LogP contribution in [0, 0.1) is 0 Å². The van der Waals surface area contributed by atoms with Gasteiger partial charge in [0.25, 0.3) is 0 Å². The van der Waals surface area contributed by atoms with Crippen LogP contribution in [0.5, 0.6) is 0 Å². The van der Waals surface area contributed by atoms with Crippen LogP contribution in [0.15, 0.2) is 41.4 Å². The van der Waals surface area contributed by atoms with Gasteiger partial charge in [-0.3, -0.25) is 14.7 Å². The van der Waals surface area contributed by atoms with Crippen molar-refractivity contribution >= 4 is 12.0 Å². The number of aliphatic imine (C=N–C) groups is 1. The van der Waals surface area contributed by atoms with E-state index in [1.54, 1.807) is 0 Å². The Morgan fingerprint density at radius 1 is 1.19 bits per heavy atom. The third-order valence-electron chi connectivity index (χ3n) is 4.48. The zero-order valence-corrected chi connectivity index (χ0v) is 12.6. The molecule has 0 bridgehead atoms. The molecule has 3 heteroatoms. The van der Waals surface area contributed by atoms with E-state index in [0.29, 0.717) is 6.42 Å². The van der Waals surface area contributed by atoms with E-state index in [0.717, 1.165) is 24.2 Å². The molecule has 1 unspecified atom stereocenters. The van der Waals surface area contributed by atoms with Gasteiger partial charge in [0.2, 0.25) is 0 Å². The molecule has 2 heterocycles. The molecular weight excluding hydrogens is 260 g/mol. The second kappa shape index (κ2) is 5.94. The maximum atomic E-state index is 11.8. The summed E-state index contributed by atoms with van der Waals surface area (Å²) in [6.07, 6.45) is 10.4. The summed E-state index contributed by atoms with van der Waals surface area (Å²) >= 11 is 0. The normalized spacial score (nSPS) is 25.4. The number of hydrogen-bond acceptors (Lipinski definition) is 3. The number of allylic oxidation sites excluding steroid dienone is 1. The number of likely N-dealkylation sites (tertiary alicyclic amines) is 1. The Bertz CT molecular complexity index is 553. The average molecular weight is 282 g/mol. The topological polar surface area (TPSA) is 32.7 Å². The van der Waals surface area contributed by atoms with Crippen LogP contribution in [-0.2, 0) is 5.66 Å². The van der Waals surface area contributed by atoms with Crippen LogP contribution >= 0.6 is 0 Å². The zero-order chi connectivity index (χ0) is 14.7. The summed E-state index contributed by atoms with van der Waals surface area (Å²) in [5.74, 6) is 0.194. The summed E-state index contributed by atoms with van der Waals surface area (Å²) in [7, 11) is 0. The van der Waals surface area contributed by atoms with Crippen molar-refractivity contribution in [3.8, 4) is 0 Å². The molecule has 0 N–H and O–H groups in total. The molecule has 0 aliphatic carbocycles. The highest BCUT2D eigenvalue weighted by Gasteiger charge is 2.37. The van der Waals surface area contributed by atoms with Crippen LogP contribution in [0.1, 0.15) is 48.5 Å². The highest BCUT2D eigenvalue weighted by atomic mass is 16.1. The first-order valence-electron chi connectivity index (χ1n) is 7.88. The zero-order valence-electron chi connectivity index (χ0n) is 12.6. The van der Waals surface area contributed by atoms with E-state index >= 15 is 0 Å². The van der Waals surface area contributed by atoms with E-state index in [9.17, 15) is 4.79 Å². The van der Waals surface area contributed by atoms with Crippen molar-refractivity contribution in [1.82, 2.24) is 4.90 Å². The Balaban J connectivity index is 1.92. The fraction of sp³-hybridized carbons (Fsp3) is 0.444. The molecule has 1 fully saturated rings. The third-order valence-corrected chi connectivity index (χ3v) is 4.48. The van der Waals surface area contributed by atoms with Crippen molar-refractivity contribution in [2.75, 3.05) is 13.1 Å². The molecule has 1 aromatic carbocycles. The molecule has 0 radical (unpaired) electrons. The SMILES string of the molecule is CCC(=O)c1ccc(C2(N3CCCCC3)C=CC=N2)cc1. The Kier molecular flexibility index (Phi) is 4.02. The lowest BCUT2D eigenvalue weighted by Crippen LogP contribution is -2.45. The Morgan fingerprint density at radius 3 is 2.48 bits per heavy atom. The average Bonchev–Trinajstić information content (AvgIpc) is 3.06. The van der Waals surface area contributed by atoms with Gasteiger partial charge in [0.15, 0.2) is 11.4 Å². The second-order valence-corrected chi connectivity index (χ2v) is 5.77. The minimum Gasteiger partial charge on any atom is -0.294 e. The number of ketones is 1. The van der Waals surface area contributed by atoms with Crippen LogP contribution in [0.2, 0.25) is 0 Å². The summed E-state index contributed by atoms with van der Waals surface area (Å²) in [5, 5.41) is 0. The quantitative estimate of drug-likeness (QED) is 0.791. The van der Waals surface area contributed by atoms with Gasteiger partial charge < -0.3 is 0 Å². The molecule has 1 atom stereocenters. The summed E-state index contributed by atoms with van der Waals surface area (Å²) in [6.45, 7) is 4.06. The van der Waals surface area contributed by atoms with Crippen molar-refractivity contribution in [3.63, 3.8) is 0 Å². The fourth-order valence-corrected chi connectivity index (χ4v) is 3.26. The molecule has 110 valence electrons. The lowest BCUT2D eigenvalue weighted by molar-refractivity contribution is 0.0987. The minimum absolute atomic E-state index is 0.194.